The number of ether oxygens (including phenoxy) is 1. The third-order valence-corrected chi connectivity index (χ3v) is 4.80. The molecule has 7 nitrogen and oxygen atoms in total. The predicted octanol–water partition coefficient (Wildman–Crippen LogP) is 1.19. The number of H-pyrrole nitrogens is 2. The Hall–Kier alpha value is -4.23. The molecule has 7 heteroatoms. The van der Waals surface area contributed by atoms with E-state index in [0.717, 1.165) is 11.1 Å². The Balaban J connectivity index is 1.51. The maximum atomic E-state index is 12.4. The van der Waals surface area contributed by atoms with Gasteiger partial charge in [0, 0.05) is 0 Å². The zero-order chi connectivity index (χ0) is 22.3. The topological polar surface area (TPSA) is 114 Å². The summed E-state index contributed by atoms with van der Waals surface area (Å²) in [6, 6.07) is 22.2. The van der Waals surface area contributed by atoms with E-state index in [1.54, 1.807) is 24.4 Å². The first-order valence-electron chi connectivity index (χ1n) is 10.1. The molecule has 4 aromatic rings. The number of aromatic amines is 2. The van der Waals surface area contributed by atoms with E-state index >= 15 is 0 Å². The van der Waals surface area contributed by atoms with E-state index in [-0.39, 0.29) is 16.7 Å². The summed E-state index contributed by atoms with van der Waals surface area (Å²) in [5, 5.41) is 0.303. The van der Waals surface area contributed by atoms with Crippen LogP contribution in [0.5, 0.6) is 5.75 Å². The van der Waals surface area contributed by atoms with Crippen molar-refractivity contribution in [3.05, 3.63) is 127 Å². The number of hydrogen-bond acceptors (Lipinski definition) is 5. The van der Waals surface area contributed by atoms with Crippen LogP contribution in [-0.4, -0.2) is 21.6 Å². The minimum atomic E-state index is -0.414. The molecule has 0 aliphatic rings. The summed E-state index contributed by atoms with van der Waals surface area (Å²) < 4.78 is 5.71. The molecule has 32 heavy (non-hydrogen) atoms. The molecular formula is C25H22N4O3. The van der Waals surface area contributed by atoms with Crippen molar-refractivity contribution in [3.8, 4) is 5.75 Å². The number of hydrogen-bond donors (Lipinski definition) is 3. The lowest BCUT2D eigenvalue weighted by molar-refractivity contribution is 0.289. The van der Waals surface area contributed by atoms with Gasteiger partial charge in [-0.25, -0.2) is 0 Å². The van der Waals surface area contributed by atoms with Crippen LogP contribution >= 0.6 is 0 Å². The second-order valence-electron chi connectivity index (χ2n) is 7.18. The highest BCUT2D eigenvalue weighted by Crippen LogP contribution is 2.14. The summed E-state index contributed by atoms with van der Waals surface area (Å²) in [4.78, 5) is 34.3. The Kier molecular flexibility index (Phi) is 6.38. The molecule has 1 unspecified atom stereocenters. The van der Waals surface area contributed by atoms with Crippen molar-refractivity contribution in [1.29, 1.82) is 0 Å². The van der Waals surface area contributed by atoms with Crippen LogP contribution in [0.3, 0.4) is 0 Å². The molecule has 0 saturated heterocycles. The molecule has 0 fully saturated rings. The molecule has 0 amide bonds. The second-order valence-corrected chi connectivity index (χ2v) is 7.18. The predicted molar refractivity (Wildman–Crippen MR) is 124 cm³/mol. The normalized spacial score (nSPS) is 13.2. The van der Waals surface area contributed by atoms with Gasteiger partial charge in [-0.05, 0) is 35.4 Å². The first-order chi connectivity index (χ1) is 15.6. The molecule has 4 N–H and O–H groups in total. The van der Waals surface area contributed by atoms with Gasteiger partial charge in [0.15, 0.2) is 0 Å². The summed E-state index contributed by atoms with van der Waals surface area (Å²) in [6.45, 7) is 0.307. The van der Waals surface area contributed by atoms with Crippen LogP contribution in [-0.2, 0) is 0 Å². The van der Waals surface area contributed by atoms with Crippen LogP contribution in [0, 0.1) is 0 Å². The van der Waals surface area contributed by atoms with Crippen LogP contribution < -0.4 is 32.3 Å². The maximum Gasteiger partial charge on any atom is 0.272 e. The van der Waals surface area contributed by atoms with Gasteiger partial charge in [-0.15, -0.1) is 0 Å². The molecule has 0 aliphatic heterocycles. The second kappa shape index (κ2) is 9.72. The molecule has 0 radical (unpaired) electrons. The third-order valence-electron chi connectivity index (χ3n) is 4.80. The number of rotatable bonds is 6. The van der Waals surface area contributed by atoms with Crippen LogP contribution in [0.4, 0.5) is 0 Å². The highest BCUT2D eigenvalue weighted by molar-refractivity contribution is 5.48. The first-order valence-corrected chi connectivity index (χ1v) is 10.1. The minimum absolute atomic E-state index is 0.118. The van der Waals surface area contributed by atoms with Gasteiger partial charge in [0.1, 0.15) is 23.1 Å². The van der Waals surface area contributed by atoms with Gasteiger partial charge in [-0.2, -0.15) is 0 Å². The lowest BCUT2D eigenvalue weighted by atomic mass is 10.1. The molecule has 160 valence electrons. The van der Waals surface area contributed by atoms with Gasteiger partial charge in [-0.1, -0.05) is 60.7 Å². The highest BCUT2D eigenvalue weighted by Gasteiger charge is 2.06. The van der Waals surface area contributed by atoms with Gasteiger partial charge < -0.3 is 20.4 Å². The van der Waals surface area contributed by atoms with Crippen molar-refractivity contribution in [1.82, 2.24) is 15.0 Å². The summed E-state index contributed by atoms with van der Waals surface area (Å²) >= 11 is 0. The fraction of sp³-hybridized carbons (Fsp3) is 0.0800. The van der Waals surface area contributed by atoms with Crippen LogP contribution in [0.2, 0.25) is 0 Å². The average Bonchev–Trinajstić information content (AvgIpc) is 2.83. The summed E-state index contributed by atoms with van der Waals surface area (Å²) in [7, 11) is 0. The van der Waals surface area contributed by atoms with Crippen molar-refractivity contribution in [2.45, 2.75) is 6.04 Å². The minimum Gasteiger partial charge on any atom is -0.490 e. The standard InChI is InChI=1S/C25H22N4O3/c26-21(18-9-5-2-6-10-18)16-32-20-12-11-19(27-15-20)14-23-25(31)28-22(24(30)29-23)13-17-7-3-1-4-8-17/h1-15,21H,16,26H2,(H,28,31)(H,29,30). The van der Waals surface area contributed by atoms with E-state index in [4.69, 9.17) is 10.5 Å². The van der Waals surface area contributed by atoms with Gasteiger partial charge in [-0.3, -0.25) is 14.6 Å². The Morgan fingerprint density at radius 2 is 1.47 bits per heavy atom. The van der Waals surface area contributed by atoms with Crippen LogP contribution in [0.15, 0.2) is 88.6 Å². The summed E-state index contributed by atoms with van der Waals surface area (Å²) in [6.07, 6.45) is 4.67. The molecule has 0 saturated carbocycles. The van der Waals surface area contributed by atoms with E-state index in [1.807, 2.05) is 60.7 Å². The number of nitrogens with two attached hydrogens (primary N) is 1. The van der Waals surface area contributed by atoms with Crippen molar-refractivity contribution in [2.75, 3.05) is 6.61 Å². The van der Waals surface area contributed by atoms with Gasteiger partial charge in [0.25, 0.3) is 11.1 Å². The Morgan fingerprint density at radius 1 is 0.844 bits per heavy atom. The van der Waals surface area contributed by atoms with Gasteiger partial charge in [0.2, 0.25) is 0 Å². The maximum absolute atomic E-state index is 12.4. The summed E-state index contributed by atoms with van der Waals surface area (Å²) in [5.74, 6) is 0.559. The highest BCUT2D eigenvalue weighted by atomic mass is 16.5. The number of pyridine rings is 1. The monoisotopic (exact) mass is 426 g/mol. The Bertz CT molecular complexity index is 1410. The number of benzene rings is 2. The summed E-state index contributed by atoms with van der Waals surface area (Å²) in [5.41, 5.74) is 7.64. The van der Waals surface area contributed by atoms with E-state index in [0.29, 0.717) is 18.1 Å². The molecular weight excluding hydrogens is 404 g/mol. The largest absolute Gasteiger partial charge is 0.490 e. The van der Waals surface area contributed by atoms with E-state index in [9.17, 15) is 9.59 Å². The third kappa shape index (κ3) is 5.27. The molecule has 0 aliphatic carbocycles. The molecule has 4 rings (SSSR count). The van der Waals surface area contributed by atoms with E-state index < -0.39 is 11.1 Å². The van der Waals surface area contributed by atoms with Crippen molar-refractivity contribution in [2.24, 2.45) is 5.73 Å². The SMILES string of the molecule is NC(COc1ccc(C=c2[nH]c(=O)c(=Cc3ccccc3)[nH]c2=O)nc1)c1ccccc1. The fourth-order valence-electron chi connectivity index (χ4n) is 3.10. The molecule has 0 spiro atoms. The average molecular weight is 426 g/mol. The van der Waals surface area contributed by atoms with Crippen LogP contribution in [0.1, 0.15) is 22.9 Å². The van der Waals surface area contributed by atoms with Gasteiger partial charge in [0.05, 0.1) is 17.9 Å². The Morgan fingerprint density at radius 3 is 2.09 bits per heavy atom. The van der Waals surface area contributed by atoms with Crippen molar-refractivity contribution < 1.29 is 4.74 Å². The quantitative estimate of drug-likeness (QED) is 0.429. The van der Waals surface area contributed by atoms with E-state index in [1.165, 1.54) is 6.08 Å². The zero-order valence-electron chi connectivity index (χ0n) is 17.2. The van der Waals surface area contributed by atoms with Crippen molar-refractivity contribution >= 4 is 12.2 Å². The molecule has 0 bridgehead atoms. The zero-order valence-corrected chi connectivity index (χ0v) is 17.2. The fourth-order valence-corrected chi connectivity index (χ4v) is 3.10. The smallest absolute Gasteiger partial charge is 0.272 e. The van der Waals surface area contributed by atoms with E-state index in [2.05, 4.69) is 15.0 Å². The lowest BCUT2D eigenvalue weighted by Gasteiger charge is -2.13. The Labute approximate surface area is 183 Å². The molecule has 2 heterocycles. The van der Waals surface area contributed by atoms with Crippen molar-refractivity contribution in [3.63, 3.8) is 0 Å². The number of aromatic nitrogens is 3. The molecule has 1 atom stereocenters. The van der Waals surface area contributed by atoms with Crippen LogP contribution in [0.25, 0.3) is 12.2 Å². The first kappa shape index (κ1) is 21.0. The van der Waals surface area contributed by atoms with Gasteiger partial charge >= 0.3 is 0 Å². The number of nitrogens with one attached hydrogen (secondary N) is 2. The molecule has 2 aromatic heterocycles. The lowest BCUT2D eigenvalue weighted by Crippen LogP contribution is -2.46. The number of nitrogens with zero attached hydrogens (tertiary/aromatic N) is 1. The molecule has 2 aromatic carbocycles.